The number of hydrogen-bond donors (Lipinski definition) is 2. The van der Waals surface area contributed by atoms with E-state index in [0.29, 0.717) is 16.7 Å². The molecule has 0 fully saturated rings. The van der Waals surface area contributed by atoms with Crippen molar-refractivity contribution in [3.63, 3.8) is 0 Å². The standard InChI is InChI=1S/C19H18ClF3N4O4/c1-10(28)5-25-16(29)15-13-8-27(18(30)12(13)2-3-24-15)7-11-4-14(20)17(26-6-11)31-9-19(21,22)23/h2-4,6,10,28H,5,7-9H2,1H3,(H,25,29)/t10-/m1/s1. The highest BCUT2D eigenvalue weighted by molar-refractivity contribution is 6.31. The molecule has 2 aromatic heterocycles. The van der Waals surface area contributed by atoms with Gasteiger partial charge in [0.1, 0.15) is 10.7 Å². The smallest absolute Gasteiger partial charge is 0.422 e. The Labute approximate surface area is 180 Å². The number of carbonyl (C=O) groups excluding carboxylic acids is 2. The second-order valence-corrected chi connectivity index (χ2v) is 7.35. The van der Waals surface area contributed by atoms with Crippen LogP contribution in [-0.2, 0) is 13.1 Å². The van der Waals surface area contributed by atoms with Crippen LogP contribution in [-0.4, -0.2) is 57.2 Å². The maximum Gasteiger partial charge on any atom is 0.422 e. The van der Waals surface area contributed by atoms with Crippen LogP contribution in [0.3, 0.4) is 0 Å². The van der Waals surface area contributed by atoms with Gasteiger partial charge >= 0.3 is 6.18 Å². The number of aliphatic hydroxyl groups excluding tert-OH is 1. The normalized spacial score (nSPS) is 14.4. The van der Waals surface area contributed by atoms with Crippen LogP contribution in [0.25, 0.3) is 0 Å². The van der Waals surface area contributed by atoms with Crippen LogP contribution in [0, 0.1) is 0 Å². The molecule has 0 aliphatic carbocycles. The van der Waals surface area contributed by atoms with Gasteiger partial charge in [0.05, 0.1) is 6.10 Å². The molecule has 2 N–H and O–H groups in total. The first kappa shape index (κ1) is 22.8. The van der Waals surface area contributed by atoms with Gasteiger partial charge in [-0.3, -0.25) is 14.6 Å². The van der Waals surface area contributed by atoms with Crippen molar-refractivity contribution in [1.82, 2.24) is 20.2 Å². The molecule has 0 radical (unpaired) electrons. The van der Waals surface area contributed by atoms with Gasteiger partial charge in [0.2, 0.25) is 5.88 Å². The number of ether oxygens (including phenoxy) is 1. The third-order valence-electron chi connectivity index (χ3n) is 4.31. The number of carbonyl (C=O) groups is 2. The van der Waals surface area contributed by atoms with E-state index in [1.165, 1.54) is 36.4 Å². The number of rotatable bonds is 7. The third-order valence-corrected chi connectivity index (χ3v) is 4.58. The van der Waals surface area contributed by atoms with Gasteiger partial charge in [-0.1, -0.05) is 11.6 Å². The molecule has 3 heterocycles. The molecule has 1 aliphatic heterocycles. The number of aliphatic hydroxyl groups is 1. The van der Waals surface area contributed by atoms with E-state index in [-0.39, 0.29) is 42.1 Å². The van der Waals surface area contributed by atoms with E-state index >= 15 is 0 Å². The number of fused-ring (bicyclic) bond motifs is 1. The molecule has 1 aliphatic rings. The number of amides is 2. The maximum atomic E-state index is 12.7. The number of hydrogen-bond acceptors (Lipinski definition) is 6. The summed E-state index contributed by atoms with van der Waals surface area (Å²) in [6.45, 7) is 0.200. The quantitative estimate of drug-likeness (QED) is 0.660. The minimum absolute atomic E-state index is 0.0365. The third kappa shape index (κ3) is 5.61. The molecule has 1 atom stereocenters. The monoisotopic (exact) mass is 458 g/mol. The Hall–Kier alpha value is -2.92. The predicted octanol–water partition coefficient (Wildman–Crippen LogP) is 2.34. The largest absolute Gasteiger partial charge is 0.467 e. The second kappa shape index (κ2) is 9.06. The van der Waals surface area contributed by atoms with E-state index in [1.807, 2.05) is 0 Å². The van der Waals surface area contributed by atoms with Gasteiger partial charge in [-0.25, -0.2) is 4.98 Å². The van der Waals surface area contributed by atoms with Gasteiger partial charge in [-0.15, -0.1) is 0 Å². The van der Waals surface area contributed by atoms with E-state index in [0.717, 1.165) is 0 Å². The van der Waals surface area contributed by atoms with Crippen molar-refractivity contribution < 1.29 is 32.6 Å². The van der Waals surface area contributed by atoms with E-state index in [4.69, 9.17) is 11.6 Å². The zero-order chi connectivity index (χ0) is 22.8. The Balaban J connectivity index is 1.72. The summed E-state index contributed by atoms with van der Waals surface area (Å²) in [4.78, 5) is 34.4. The fraction of sp³-hybridized carbons (Fsp3) is 0.368. The molecule has 166 valence electrons. The highest BCUT2D eigenvalue weighted by Gasteiger charge is 2.32. The van der Waals surface area contributed by atoms with E-state index in [2.05, 4.69) is 20.0 Å². The van der Waals surface area contributed by atoms with Gasteiger partial charge in [0.25, 0.3) is 11.8 Å². The molecule has 0 unspecified atom stereocenters. The Bertz CT molecular complexity index is 1000. The van der Waals surface area contributed by atoms with Crippen molar-refractivity contribution in [3.8, 4) is 5.88 Å². The average molecular weight is 459 g/mol. The molecule has 2 aromatic rings. The van der Waals surface area contributed by atoms with Gasteiger partial charge in [0, 0.05) is 43.2 Å². The van der Waals surface area contributed by atoms with Crippen LogP contribution in [0.15, 0.2) is 24.5 Å². The Morgan fingerprint density at radius 2 is 2.16 bits per heavy atom. The number of aromatic nitrogens is 2. The number of alkyl halides is 3. The molecule has 0 aromatic carbocycles. The van der Waals surface area contributed by atoms with Crippen molar-refractivity contribution in [1.29, 1.82) is 0 Å². The molecule has 3 rings (SSSR count). The summed E-state index contributed by atoms with van der Waals surface area (Å²) < 4.78 is 41.4. The van der Waals surface area contributed by atoms with Crippen molar-refractivity contribution in [2.45, 2.75) is 32.3 Å². The van der Waals surface area contributed by atoms with E-state index in [1.54, 1.807) is 0 Å². The minimum Gasteiger partial charge on any atom is -0.467 e. The number of nitrogens with one attached hydrogen (secondary N) is 1. The summed E-state index contributed by atoms with van der Waals surface area (Å²) in [7, 11) is 0. The summed E-state index contributed by atoms with van der Waals surface area (Å²) in [6.07, 6.45) is -2.64. The average Bonchev–Trinajstić information content (AvgIpc) is 3.00. The predicted molar refractivity (Wildman–Crippen MR) is 103 cm³/mol. The molecular weight excluding hydrogens is 441 g/mol. The van der Waals surface area contributed by atoms with Crippen molar-refractivity contribution in [3.05, 3.63) is 51.9 Å². The Morgan fingerprint density at radius 3 is 2.81 bits per heavy atom. The zero-order valence-corrected chi connectivity index (χ0v) is 17.0. The molecule has 12 heteroatoms. The topological polar surface area (TPSA) is 105 Å². The van der Waals surface area contributed by atoms with Crippen LogP contribution in [0.1, 0.15) is 38.9 Å². The molecule has 0 saturated heterocycles. The second-order valence-electron chi connectivity index (χ2n) is 6.94. The van der Waals surface area contributed by atoms with E-state index < -0.39 is 24.8 Å². The number of pyridine rings is 2. The van der Waals surface area contributed by atoms with Gasteiger partial charge < -0.3 is 20.1 Å². The van der Waals surface area contributed by atoms with Crippen molar-refractivity contribution in [2.75, 3.05) is 13.2 Å². The van der Waals surface area contributed by atoms with Crippen LogP contribution in [0.2, 0.25) is 5.02 Å². The van der Waals surface area contributed by atoms with E-state index in [9.17, 15) is 27.9 Å². The minimum atomic E-state index is -4.52. The molecular formula is C19H18ClF3N4O4. The SMILES string of the molecule is C[C@@H](O)CNC(=O)c1nccc2c1CN(Cc1cnc(OCC(F)(F)F)c(Cl)c1)C2=O. The van der Waals surface area contributed by atoms with Crippen LogP contribution < -0.4 is 10.1 Å². The summed E-state index contributed by atoms with van der Waals surface area (Å²) >= 11 is 5.95. The highest BCUT2D eigenvalue weighted by Crippen LogP contribution is 2.29. The lowest BCUT2D eigenvalue weighted by Crippen LogP contribution is -2.32. The first-order valence-corrected chi connectivity index (χ1v) is 9.50. The maximum absolute atomic E-state index is 12.7. The van der Waals surface area contributed by atoms with Crippen LogP contribution in [0.4, 0.5) is 13.2 Å². The lowest BCUT2D eigenvalue weighted by atomic mass is 10.1. The van der Waals surface area contributed by atoms with Gasteiger partial charge in [0.15, 0.2) is 6.61 Å². The fourth-order valence-electron chi connectivity index (χ4n) is 2.96. The summed E-state index contributed by atoms with van der Waals surface area (Å²) in [6, 6.07) is 2.87. The summed E-state index contributed by atoms with van der Waals surface area (Å²) in [5.74, 6) is -1.21. The van der Waals surface area contributed by atoms with Crippen LogP contribution >= 0.6 is 11.6 Å². The van der Waals surface area contributed by atoms with Gasteiger partial charge in [-0.05, 0) is 24.6 Å². The van der Waals surface area contributed by atoms with Crippen LogP contribution in [0.5, 0.6) is 5.88 Å². The Kier molecular flexibility index (Phi) is 6.65. The summed E-state index contributed by atoms with van der Waals surface area (Å²) in [5, 5.41) is 11.7. The molecule has 0 spiro atoms. The fourth-order valence-corrected chi connectivity index (χ4v) is 3.21. The lowest BCUT2D eigenvalue weighted by Gasteiger charge is -2.16. The summed E-state index contributed by atoms with van der Waals surface area (Å²) in [5.41, 5.74) is 1.32. The number of halogens is 4. The Morgan fingerprint density at radius 1 is 1.42 bits per heavy atom. The molecule has 31 heavy (non-hydrogen) atoms. The van der Waals surface area contributed by atoms with Crippen molar-refractivity contribution in [2.24, 2.45) is 0 Å². The zero-order valence-electron chi connectivity index (χ0n) is 16.2. The van der Waals surface area contributed by atoms with Crippen molar-refractivity contribution >= 4 is 23.4 Å². The first-order valence-electron chi connectivity index (χ1n) is 9.12. The molecule has 0 bridgehead atoms. The molecule has 2 amide bonds. The lowest BCUT2D eigenvalue weighted by molar-refractivity contribution is -0.154. The number of nitrogens with zero attached hydrogens (tertiary/aromatic N) is 3. The molecule has 0 saturated carbocycles. The molecule has 8 nitrogen and oxygen atoms in total. The first-order chi connectivity index (χ1) is 14.5. The highest BCUT2D eigenvalue weighted by atomic mass is 35.5. The van der Waals surface area contributed by atoms with Gasteiger partial charge in [-0.2, -0.15) is 13.2 Å².